The summed E-state index contributed by atoms with van der Waals surface area (Å²) in [6.07, 6.45) is 0. The summed E-state index contributed by atoms with van der Waals surface area (Å²) in [6, 6.07) is 11.6. The third-order valence-corrected chi connectivity index (χ3v) is 3.58. The van der Waals surface area contributed by atoms with E-state index in [0.29, 0.717) is 10.6 Å². The van der Waals surface area contributed by atoms with Gasteiger partial charge in [0.25, 0.3) is 0 Å². The fraction of sp³-hybridized carbons (Fsp3) is 0.0588. The van der Waals surface area contributed by atoms with Crippen LogP contribution in [0.1, 0.15) is 15.9 Å². The Morgan fingerprint density at radius 3 is 2.64 bits per heavy atom. The van der Waals surface area contributed by atoms with Crippen molar-refractivity contribution in [2.75, 3.05) is 0 Å². The lowest BCUT2D eigenvalue weighted by Crippen LogP contribution is -2.16. The third-order valence-electron chi connectivity index (χ3n) is 3.35. The normalized spacial score (nSPS) is 10.8. The largest absolute Gasteiger partial charge is 0.477 e. The summed E-state index contributed by atoms with van der Waals surface area (Å²) in [5, 5.41) is 10.0. The Morgan fingerprint density at radius 1 is 1.18 bits per heavy atom. The maximum absolute atomic E-state index is 12.5. The molecule has 0 aliphatic rings. The van der Waals surface area contributed by atoms with Crippen LogP contribution >= 0.6 is 11.6 Å². The number of carbonyl (C=O) groups is 1. The van der Waals surface area contributed by atoms with Gasteiger partial charge in [-0.25, -0.2) is 4.79 Å². The summed E-state index contributed by atoms with van der Waals surface area (Å²) >= 11 is 5.92. The first kappa shape index (κ1) is 14.4. The zero-order valence-corrected chi connectivity index (χ0v) is 12.3. The van der Waals surface area contributed by atoms with Crippen molar-refractivity contribution < 1.29 is 14.3 Å². The SMILES string of the molecule is Cc1cccc(-c2oc3cc(Cl)ccc3c(=O)c2C(=O)O)c1. The molecule has 0 aliphatic heterocycles. The van der Waals surface area contributed by atoms with E-state index in [1.807, 2.05) is 13.0 Å². The van der Waals surface area contributed by atoms with Gasteiger partial charge in [0.1, 0.15) is 5.58 Å². The molecule has 0 spiro atoms. The Kier molecular flexibility index (Phi) is 3.47. The molecule has 110 valence electrons. The first-order valence-corrected chi connectivity index (χ1v) is 6.92. The zero-order chi connectivity index (χ0) is 15.9. The van der Waals surface area contributed by atoms with Gasteiger partial charge in [-0.3, -0.25) is 4.79 Å². The number of carboxylic acids is 1. The second kappa shape index (κ2) is 5.31. The zero-order valence-electron chi connectivity index (χ0n) is 11.6. The molecule has 4 nitrogen and oxygen atoms in total. The number of hydrogen-bond acceptors (Lipinski definition) is 3. The van der Waals surface area contributed by atoms with Crippen LogP contribution in [0, 0.1) is 6.92 Å². The lowest BCUT2D eigenvalue weighted by Gasteiger charge is -2.08. The Balaban J connectivity index is 2.44. The third kappa shape index (κ3) is 2.38. The predicted octanol–water partition coefficient (Wildman–Crippen LogP) is 4.12. The van der Waals surface area contributed by atoms with Gasteiger partial charge >= 0.3 is 5.97 Å². The second-order valence-electron chi connectivity index (χ2n) is 4.95. The number of rotatable bonds is 2. The smallest absolute Gasteiger partial charge is 0.343 e. The van der Waals surface area contributed by atoms with Gasteiger partial charge in [-0.15, -0.1) is 0 Å². The number of halogens is 1. The molecule has 0 aliphatic carbocycles. The standard InChI is InChI=1S/C17H11ClO4/c1-9-3-2-4-10(7-9)16-14(17(20)21)15(19)12-6-5-11(18)8-13(12)22-16/h2-8H,1H3,(H,20,21). The molecule has 1 N–H and O–H groups in total. The first-order chi connectivity index (χ1) is 10.5. The molecular formula is C17H11ClO4. The molecule has 5 heteroatoms. The molecule has 0 atom stereocenters. The number of aryl methyl sites for hydroxylation is 1. The molecule has 0 amide bonds. The van der Waals surface area contributed by atoms with Crippen molar-refractivity contribution >= 4 is 28.5 Å². The summed E-state index contributed by atoms with van der Waals surface area (Å²) in [4.78, 5) is 24.0. The minimum absolute atomic E-state index is 0.0379. The summed E-state index contributed by atoms with van der Waals surface area (Å²) in [6.45, 7) is 1.87. The fourth-order valence-corrected chi connectivity index (χ4v) is 2.51. The second-order valence-corrected chi connectivity index (χ2v) is 5.39. The lowest BCUT2D eigenvalue weighted by atomic mass is 10.0. The van der Waals surface area contributed by atoms with Gasteiger partial charge in [0.05, 0.1) is 5.39 Å². The molecule has 0 radical (unpaired) electrons. The van der Waals surface area contributed by atoms with Crippen LogP contribution in [0.4, 0.5) is 0 Å². The van der Waals surface area contributed by atoms with Crippen LogP contribution in [-0.4, -0.2) is 11.1 Å². The highest BCUT2D eigenvalue weighted by molar-refractivity contribution is 6.31. The van der Waals surface area contributed by atoms with Crippen LogP contribution in [0.2, 0.25) is 5.02 Å². The molecule has 0 saturated heterocycles. The van der Waals surface area contributed by atoms with Crippen molar-refractivity contribution in [3.63, 3.8) is 0 Å². The maximum atomic E-state index is 12.5. The van der Waals surface area contributed by atoms with E-state index in [-0.39, 0.29) is 22.3 Å². The van der Waals surface area contributed by atoms with E-state index in [1.165, 1.54) is 18.2 Å². The van der Waals surface area contributed by atoms with Crippen LogP contribution in [0.15, 0.2) is 51.7 Å². The van der Waals surface area contributed by atoms with Crippen LogP contribution in [0.5, 0.6) is 0 Å². The first-order valence-electron chi connectivity index (χ1n) is 6.54. The van der Waals surface area contributed by atoms with Gasteiger partial charge in [-0.1, -0.05) is 35.4 Å². The van der Waals surface area contributed by atoms with Crippen molar-refractivity contribution in [3.8, 4) is 11.3 Å². The molecule has 0 fully saturated rings. The summed E-state index contributed by atoms with van der Waals surface area (Å²) < 4.78 is 5.69. The quantitative estimate of drug-likeness (QED) is 0.772. The number of carboxylic acid groups (broad SMARTS) is 1. The molecule has 3 aromatic rings. The number of benzene rings is 2. The van der Waals surface area contributed by atoms with Crippen molar-refractivity contribution in [2.24, 2.45) is 0 Å². The monoisotopic (exact) mass is 314 g/mol. The molecule has 0 unspecified atom stereocenters. The van der Waals surface area contributed by atoms with Gasteiger partial charge < -0.3 is 9.52 Å². The van der Waals surface area contributed by atoms with Crippen LogP contribution < -0.4 is 5.43 Å². The number of aromatic carboxylic acids is 1. The van der Waals surface area contributed by atoms with E-state index in [4.69, 9.17) is 16.0 Å². The van der Waals surface area contributed by atoms with Gasteiger partial charge in [-0.05, 0) is 25.1 Å². The topological polar surface area (TPSA) is 67.5 Å². The van der Waals surface area contributed by atoms with E-state index in [1.54, 1.807) is 18.2 Å². The van der Waals surface area contributed by atoms with Crippen molar-refractivity contribution in [1.29, 1.82) is 0 Å². The molecule has 22 heavy (non-hydrogen) atoms. The molecule has 2 aromatic carbocycles. The Bertz CT molecular complexity index is 957. The minimum Gasteiger partial charge on any atom is -0.477 e. The molecule has 0 saturated carbocycles. The van der Waals surface area contributed by atoms with Crippen LogP contribution in [0.3, 0.4) is 0 Å². The molecular weight excluding hydrogens is 304 g/mol. The summed E-state index contributed by atoms with van der Waals surface area (Å²) in [5.41, 5.74) is 0.778. The Morgan fingerprint density at radius 2 is 1.95 bits per heavy atom. The average molecular weight is 315 g/mol. The Hall–Kier alpha value is -2.59. The predicted molar refractivity (Wildman–Crippen MR) is 84.6 cm³/mol. The number of fused-ring (bicyclic) bond motifs is 1. The highest BCUT2D eigenvalue weighted by atomic mass is 35.5. The van der Waals surface area contributed by atoms with Gasteiger partial charge in [-0.2, -0.15) is 0 Å². The van der Waals surface area contributed by atoms with Crippen molar-refractivity contribution in [1.82, 2.24) is 0 Å². The molecule has 1 heterocycles. The number of hydrogen-bond donors (Lipinski definition) is 1. The highest BCUT2D eigenvalue weighted by Gasteiger charge is 2.21. The Labute approximate surface area is 130 Å². The van der Waals surface area contributed by atoms with E-state index in [2.05, 4.69) is 0 Å². The van der Waals surface area contributed by atoms with Gasteiger partial charge in [0.15, 0.2) is 11.3 Å². The van der Waals surface area contributed by atoms with Gasteiger partial charge in [0.2, 0.25) is 5.43 Å². The van der Waals surface area contributed by atoms with Crippen LogP contribution in [0.25, 0.3) is 22.3 Å². The summed E-state index contributed by atoms with van der Waals surface area (Å²) in [7, 11) is 0. The van der Waals surface area contributed by atoms with E-state index >= 15 is 0 Å². The van der Waals surface area contributed by atoms with Crippen LogP contribution in [-0.2, 0) is 0 Å². The molecule has 0 bridgehead atoms. The van der Waals surface area contributed by atoms with E-state index in [9.17, 15) is 14.7 Å². The van der Waals surface area contributed by atoms with E-state index < -0.39 is 11.4 Å². The maximum Gasteiger partial charge on any atom is 0.343 e. The van der Waals surface area contributed by atoms with Crippen molar-refractivity contribution in [3.05, 3.63) is 68.8 Å². The molecule has 1 aromatic heterocycles. The average Bonchev–Trinajstić information content (AvgIpc) is 2.46. The highest BCUT2D eigenvalue weighted by Crippen LogP contribution is 2.28. The fourth-order valence-electron chi connectivity index (χ4n) is 2.35. The minimum atomic E-state index is -1.32. The summed E-state index contributed by atoms with van der Waals surface area (Å²) in [5.74, 6) is -1.28. The van der Waals surface area contributed by atoms with E-state index in [0.717, 1.165) is 5.56 Å². The van der Waals surface area contributed by atoms with Crippen molar-refractivity contribution in [2.45, 2.75) is 6.92 Å². The lowest BCUT2D eigenvalue weighted by molar-refractivity contribution is 0.0694. The molecule has 3 rings (SSSR count). The van der Waals surface area contributed by atoms with Gasteiger partial charge in [0, 0.05) is 16.7 Å².